The zero-order chi connectivity index (χ0) is 11.3. The number of Topliss-reactive ketones (excluding diaryl/α,β-unsaturated/α-hetero) is 1. The summed E-state index contributed by atoms with van der Waals surface area (Å²) in [6.07, 6.45) is 7.36. The van der Waals surface area contributed by atoms with Crippen LogP contribution in [0.3, 0.4) is 0 Å². The predicted octanol–water partition coefficient (Wildman–Crippen LogP) is 2.91. The summed E-state index contributed by atoms with van der Waals surface area (Å²) in [6, 6.07) is 0.673. The lowest BCUT2D eigenvalue weighted by atomic mass is 9.89. The number of rotatable bonds is 4. The standard InChI is InChI=1S/C13H25NO/c1-13(2,3)12(15)9-10-14-11-7-5-4-6-8-11/h11,14H,4-10H2,1-3H3. The van der Waals surface area contributed by atoms with E-state index in [1.165, 1.54) is 32.1 Å². The number of carbonyl (C=O) groups is 1. The van der Waals surface area contributed by atoms with Crippen molar-refractivity contribution in [1.29, 1.82) is 0 Å². The number of hydrogen-bond acceptors (Lipinski definition) is 2. The van der Waals surface area contributed by atoms with Crippen molar-refractivity contribution in [3.8, 4) is 0 Å². The molecule has 0 aromatic rings. The van der Waals surface area contributed by atoms with E-state index in [1.807, 2.05) is 20.8 Å². The fourth-order valence-corrected chi connectivity index (χ4v) is 2.07. The first-order valence-electron chi connectivity index (χ1n) is 6.27. The third kappa shape index (κ3) is 4.78. The van der Waals surface area contributed by atoms with Gasteiger partial charge in [0, 0.05) is 24.4 Å². The molecule has 1 rings (SSSR count). The van der Waals surface area contributed by atoms with Crippen LogP contribution in [-0.4, -0.2) is 18.4 Å². The highest BCUT2D eigenvalue weighted by atomic mass is 16.1. The summed E-state index contributed by atoms with van der Waals surface area (Å²) in [5.41, 5.74) is -0.172. The number of ketones is 1. The molecule has 15 heavy (non-hydrogen) atoms. The molecule has 0 aromatic carbocycles. The van der Waals surface area contributed by atoms with E-state index in [4.69, 9.17) is 0 Å². The molecule has 88 valence electrons. The molecule has 0 radical (unpaired) electrons. The van der Waals surface area contributed by atoms with Crippen LogP contribution in [0.5, 0.6) is 0 Å². The van der Waals surface area contributed by atoms with Crippen molar-refractivity contribution in [2.75, 3.05) is 6.54 Å². The van der Waals surface area contributed by atoms with Crippen LogP contribution in [0.15, 0.2) is 0 Å². The Morgan fingerprint density at radius 3 is 2.33 bits per heavy atom. The molecule has 1 saturated carbocycles. The van der Waals surface area contributed by atoms with Crippen LogP contribution in [-0.2, 0) is 4.79 Å². The maximum atomic E-state index is 11.7. The molecule has 0 atom stereocenters. The Hall–Kier alpha value is -0.370. The van der Waals surface area contributed by atoms with Crippen LogP contribution in [0.1, 0.15) is 59.3 Å². The quantitative estimate of drug-likeness (QED) is 0.774. The molecule has 1 aliphatic carbocycles. The topological polar surface area (TPSA) is 29.1 Å². The maximum absolute atomic E-state index is 11.7. The Bertz CT molecular complexity index is 199. The average molecular weight is 211 g/mol. The average Bonchev–Trinajstić information content (AvgIpc) is 2.18. The van der Waals surface area contributed by atoms with Gasteiger partial charge >= 0.3 is 0 Å². The highest BCUT2D eigenvalue weighted by molar-refractivity contribution is 5.83. The fraction of sp³-hybridized carbons (Fsp3) is 0.923. The second-order valence-electron chi connectivity index (χ2n) is 5.71. The van der Waals surface area contributed by atoms with Gasteiger partial charge in [0.1, 0.15) is 5.78 Å². The van der Waals surface area contributed by atoms with Gasteiger partial charge in [-0.25, -0.2) is 0 Å². The van der Waals surface area contributed by atoms with E-state index in [2.05, 4.69) is 5.32 Å². The van der Waals surface area contributed by atoms with Gasteiger partial charge in [0.2, 0.25) is 0 Å². The smallest absolute Gasteiger partial charge is 0.139 e. The van der Waals surface area contributed by atoms with Gasteiger partial charge in [-0.2, -0.15) is 0 Å². The van der Waals surface area contributed by atoms with Crippen LogP contribution in [0.2, 0.25) is 0 Å². The molecule has 2 nitrogen and oxygen atoms in total. The van der Waals surface area contributed by atoms with E-state index >= 15 is 0 Å². The molecule has 0 amide bonds. The maximum Gasteiger partial charge on any atom is 0.139 e. The lowest BCUT2D eigenvalue weighted by Crippen LogP contribution is -2.34. The minimum Gasteiger partial charge on any atom is -0.314 e. The molecule has 0 aliphatic heterocycles. The largest absolute Gasteiger partial charge is 0.314 e. The molecule has 0 unspecified atom stereocenters. The fourth-order valence-electron chi connectivity index (χ4n) is 2.07. The van der Waals surface area contributed by atoms with E-state index in [9.17, 15) is 4.79 Å². The molecule has 1 N–H and O–H groups in total. The first-order chi connectivity index (χ1) is 7.00. The van der Waals surface area contributed by atoms with Crippen LogP contribution in [0.25, 0.3) is 0 Å². The van der Waals surface area contributed by atoms with Gasteiger partial charge in [-0.3, -0.25) is 4.79 Å². The zero-order valence-electron chi connectivity index (χ0n) is 10.4. The molecular weight excluding hydrogens is 186 g/mol. The summed E-state index contributed by atoms with van der Waals surface area (Å²) in [5.74, 6) is 0.366. The normalized spacial score (nSPS) is 19.1. The molecule has 1 fully saturated rings. The third-order valence-electron chi connectivity index (χ3n) is 3.23. The Balaban J connectivity index is 2.12. The van der Waals surface area contributed by atoms with Crippen LogP contribution >= 0.6 is 0 Å². The van der Waals surface area contributed by atoms with Gasteiger partial charge in [0.15, 0.2) is 0 Å². The van der Waals surface area contributed by atoms with Crippen molar-refractivity contribution < 1.29 is 4.79 Å². The van der Waals surface area contributed by atoms with E-state index in [-0.39, 0.29) is 5.41 Å². The number of hydrogen-bond donors (Lipinski definition) is 1. The summed E-state index contributed by atoms with van der Waals surface area (Å²) < 4.78 is 0. The molecule has 0 aromatic heterocycles. The Morgan fingerprint density at radius 1 is 1.20 bits per heavy atom. The summed E-state index contributed by atoms with van der Waals surface area (Å²) >= 11 is 0. The monoisotopic (exact) mass is 211 g/mol. The van der Waals surface area contributed by atoms with Crippen LogP contribution < -0.4 is 5.32 Å². The molecule has 2 heteroatoms. The van der Waals surface area contributed by atoms with E-state index in [1.54, 1.807) is 0 Å². The summed E-state index contributed by atoms with van der Waals surface area (Å²) in [4.78, 5) is 11.7. The van der Waals surface area contributed by atoms with E-state index < -0.39 is 0 Å². The first-order valence-corrected chi connectivity index (χ1v) is 6.27. The number of nitrogens with one attached hydrogen (secondary N) is 1. The van der Waals surface area contributed by atoms with Crippen LogP contribution in [0, 0.1) is 5.41 Å². The van der Waals surface area contributed by atoms with Crippen molar-refractivity contribution in [3.63, 3.8) is 0 Å². The molecule has 1 aliphatic rings. The number of carbonyl (C=O) groups excluding carboxylic acids is 1. The Kier molecular flexibility index (Phi) is 4.78. The highest BCUT2D eigenvalue weighted by Gasteiger charge is 2.21. The molecule has 0 heterocycles. The van der Waals surface area contributed by atoms with Crippen molar-refractivity contribution in [2.24, 2.45) is 5.41 Å². The van der Waals surface area contributed by atoms with E-state index in [0.29, 0.717) is 18.2 Å². The molecule has 0 saturated heterocycles. The second-order valence-corrected chi connectivity index (χ2v) is 5.71. The predicted molar refractivity (Wildman–Crippen MR) is 64.0 cm³/mol. The molecule has 0 spiro atoms. The van der Waals surface area contributed by atoms with Gasteiger partial charge in [0.25, 0.3) is 0 Å². The minimum atomic E-state index is -0.172. The van der Waals surface area contributed by atoms with Crippen molar-refractivity contribution >= 4 is 5.78 Å². The van der Waals surface area contributed by atoms with E-state index in [0.717, 1.165) is 6.54 Å². The molecule has 0 bridgehead atoms. The zero-order valence-corrected chi connectivity index (χ0v) is 10.4. The summed E-state index contributed by atoms with van der Waals surface area (Å²) in [7, 11) is 0. The van der Waals surface area contributed by atoms with Crippen molar-refractivity contribution in [2.45, 2.75) is 65.3 Å². The first kappa shape index (κ1) is 12.7. The Morgan fingerprint density at radius 2 is 1.80 bits per heavy atom. The molecular formula is C13H25NO. The SMILES string of the molecule is CC(C)(C)C(=O)CCNC1CCCCC1. The van der Waals surface area contributed by atoms with Gasteiger partial charge in [-0.1, -0.05) is 40.0 Å². The van der Waals surface area contributed by atoms with Gasteiger partial charge in [-0.05, 0) is 12.8 Å². The van der Waals surface area contributed by atoms with Gasteiger partial charge in [-0.15, -0.1) is 0 Å². The summed E-state index contributed by atoms with van der Waals surface area (Å²) in [5, 5.41) is 3.50. The van der Waals surface area contributed by atoms with Gasteiger partial charge in [0.05, 0.1) is 0 Å². The van der Waals surface area contributed by atoms with Crippen molar-refractivity contribution in [3.05, 3.63) is 0 Å². The van der Waals surface area contributed by atoms with Gasteiger partial charge < -0.3 is 5.32 Å². The minimum absolute atomic E-state index is 0.172. The van der Waals surface area contributed by atoms with Crippen LogP contribution in [0.4, 0.5) is 0 Å². The third-order valence-corrected chi connectivity index (χ3v) is 3.23. The summed E-state index contributed by atoms with van der Waals surface area (Å²) in [6.45, 7) is 6.85. The highest BCUT2D eigenvalue weighted by Crippen LogP contribution is 2.18. The lowest BCUT2D eigenvalue weighted by molar-refractivity contribution is -0.126. The second kappa shape index (κ2) is 5.64. The lowest BCUT2D eigenvalue weighted by Gasteiger charge is -2.23. The van der Waals surface area contributed by atoms with Crippen molar-refractivity contribution in [1.82, 2.24) is 5.32 Å². The Labute approximate surface area is 93.8 Å².